The van der Waals surface area contributed by atoms with E-state index in [0.717, 1.165) is 0 Å². The minimum Gasteiger partial charge on any atom is -0.493 e. The van der Waals surface area contributed by atoms with Crippen LogP contribution in [0.3, 0.4) is 0 Å². The highest BCUT2D eigenvalue weighted by molar-refractivity contribution is 6.00. The molecule has 1 aromatic carbocycles. The summed E-state index contributed by atoms with van der Waals surface area (Å²) in [5.41, 5.74) is 2.17. The molecule has 0 aromatic heterocycles. The summed E-state index contributed by atoms with van der Waals surface area (Å²) in [4.78, 5) is 40.1. The third kappa shape index (κ3) is 5.53. The van der Waals surface area contributed by atoms with Crippen LogP contribution in [0.25, 0.3) is 0 Å². The molecular weight excluding hydrogens is 408 g/mol. The molecule has 0 saturated heterocycles. The van der Waals surface area contributed by atoms with E-state index in [1.54, 1.807) is 45.0 Å². The molecule has 0 spiro atoms. The van der Waals surface area contributed by atoms with Gasteiger partial charge in [-0.15, -0.1) is 10.1 Å². The average Bonchev–Trinajstić information content (AvgIpc) is 2.74. The summed E-state index contributed by atoms with van der Waals surface area (Å²) in [5, 5.41) is 12.6. The van der Waals surface area contributed by atoms with Crippen molar-refractivity contribution in [3.05, 3.63) is 62.5 Å². The van der Waals surface area contributed by atoms with Crippen molar-refractivity contribution in [3.8, 4) is 5.75 Å². The van der Waals surface area contributed by atoms with Gasteiger partial charge in [0.1, 0.15) is 12.4 Å². The summed E-state index contributed by atoms with van der Waals surface area (Å²) in [6.07, 6.45) is 0. The topological polar surface area (TPSA) is 126 Å². The van der Waals surface area contributed by atoms with Crippen molar-refractivity contribution in [1.29, 1.82) is 0 Å². The minimum absolute atomic E-state index is 0.124. The molecule has 31 heavy (non-hydrogen) atoms. The lowest BCUT2D eigenvalue weighted by atomic mass is 9.80. The van der Waals surface area contributed by atoms with E-state index in [4.69, 9.17) is 14.2 Å². The zero-order chi connectivity index (χ0) is 23.1. The second kappa shape index (κ2) is 10.5. The first-order valence-electron chi connectivity index (χ1n) is 9.55. The number of allylic oxidation sites excluding steroid dienone is 2. The Hall–Kier alpha value is -3.56. The summed E-state index contributed by atoms with van der Waals surface area (Å²) in [6, 6.07) is 6.96. The molecule has 0 saturated carbocycles. The second-order valence-electron chi connectivity index (χ2n) is 7.09. The monoisotopic (exact) mass is 434 g/mol. The standard InChI is InChI=1S/C21H26N2O8/c1-12(11-31-23(26)27)10-30-16-9-7-6-8-15(16)19-17(20(24)28-4)13(2)22-14(3)18(19)21(25)29-5/h6-9,12,19,22H,10-11H2,1-5H3. The number of para-hydroxylation sites is 1. The third-order valence-corrected chi connectivity index (χ3v) is 4.79. The number of dihydropyridines is 1. The van der Waals surface area contributed by atoms with Crippen molar-refractivity contribution in [2.75, 3.05) is 27.4 Å². The van der Waals surface area contributed by atoms with E-state index in [2.05, 4.69) is 10.2 Å². The number of carbonyl (C=O) groups is 2. The van der Waals surface area contributed by atoms with Gasteiger partial charge in [-0.25, -0.2) is 9.59 Å². The van der Waals surface area contributed by atoms with Crippen molar-refractivity contribution in [1.82, 2.24) is 5.32 Å². The smallest absolute Gasteiger partial charge is 0.336 e. The van der Waals surface area contributed by atoms with Crippen LogP contribution in [0.15, 0.2) is 46.8 Å². The fraction of sp³-hybridized carbons (Fsp3) is 0.429. The highest BCUT2D eigenvalue weighted by Crippen LogP contribution is 2.42. The predicted octanol–water partition coefficient (Wildman–Crippen LogP) is 2.49. The molecule has 1 aromatic rings. The van der Waals surface area contributed by atoms with Gasteiger partial charge in [-0.2, -0.15) is 0 Å². The van der Waals surface area contributed by atoms with Gasteiger partial charge in [-0.3, -0.25) is 0 Å². The molecule has 0 bridgehead atoms. The van der Waals surface area contributed by atoms with Gasteiger partial charge < -0.3 is 24.4 Å². The molecule has 1 unspecified atom stereocenters. The van der Waals surface area contributed by atoms with Gasteiger partial charge in [-0.05, 0) is 19.9 Å². The number of benzene rings is 1. The number of esters is 2. The van der Waals surface area contributed by atoms with E-state index in [1.807, 2.05) is 0 Å². The quantitative estimate of drug-likeness (QED) is 0.354. The van der Waals surface area contributed by atoms with Gasteiger partial charge in [0, 0.05) is 22.9 Å². The average molecular weight is 434 g/mol. The molecule has 0 fully saturated rings. The maximum Gasteiger partial charge on any atom is 0.336 e. The second-order valence-corrected chi connectivity index (χ2v) is 7.09. The molecule has 10 nitrogen and oxygen atoms in total. The highest BCUT2D eigenvalue weighted by atomic mass is 16.9. The van der Waals surface area contributed by atoms with Crippen molar-refractivity contribution in [3.63, 3.8) is 0 Å². The number of nitrogens with one attached hydrogen (secondary N) is 1. The summed E-state index contributed by atoms with van der Waals surface area (Å²) >= 11 is 0. The Kier molecular flexibility index (Phi) is 8.00. The van der Waals surface area contributed by atoms with Crippen molar-refractivity contribution >= 4 is 11.9 Å². The maximum absolute atomic E-state index is 12.6. The van der Waals surface area contributed by atoms with Crippen LogP contribution >= 0.6 is 0 Å². The first-order valence-corrected chi connectivity index (χ1v) is 9.55. The fourth-order valence-electron chi connectivity index (χ4n) is 3.38. The van der Waals surface area contributed by atoms with Gasteiger partial charge in [0.15, 0.2) is 0 Å². The Morgan fingerprint density at radius 3 is 2.13 bits per heavy atom. The Morgan fingerprint density at radius 2 is 1.61 bits per heavy atom. The molecule has 1 atom stereocenters. The normalized spacial score (nSPS) is 15.1. The SMILES string of the molecule is COC(=O)C1=C(C)NC(C)=C(C(=O)OC)C1c1ccccc1OCC(C)CO[N+](=O)[O-]. The number of rotatable bonds is 9. The molecule has 0 radical (unpaired) electrons. The summed E-state index contributed by atoms with van der Waals surface area (Å²) in [7, 11) is 2.53. The number of methoxy groups -OCH3 is 2. The van der Waals surface area contributed by atoms with Crippen LogP contribution in [-0.2, 0) is 23.9 Å². The van der Waals surface area contributed by atoms with Crippen LogP contribution < -0.4 is 10.1 Å². The molecule has 1 N–H and O–H groups in total. The van der Waals surface area contributed by atoms with Gasteiger partial charge in [0.05, 0.1) is 37.9 Å². The van der Waals surface area contributed by atoms with Crippen molar-refractivity contribution in [2.45, 2.75) is 26.7 Å². The van der Waals surface area contributed by atoms with E-state index < -0.39 is 22.9 Å². The number of nitrogens with zero attached hydrogens (tertiary/aromatic N) is 1. The van der Waals surface area contributed by atoms with E-state index >= 15 is 0 Å². The Balaban J connectivity index is 2.48. The zero-order valence-electron chi connectivity index (χ0n) is 18.1. The van der Waals surface area contributed by atoms with E-state index in [-0.39, 0.29) is 30.3 Å². The predicted molar refractivity (Wildman–Crippen MR) is 109 cm³/mol. The lowest BCUT2D eigenvalue weighted by Crippen LogP contribution is -2.32. The molecule has 1 aliphatic heterocycles. The third-order valence-electron chi connectivity index (χ3n) is 4.79. The van der Waals surface area contributed by atoms with Crippen molar-refractivity contribution in [2.24, 2.45) is 5.92 Å². The van der Waals surface area contributed by atoms with E-state index in [9.17, 15) is 19.7 Å². The highest BCUT2D eigenvalue weighted by Gasteiger charge is 2.39. The lowest BCUT2D eigenvalue weighted by Gasteiger charge is -2.31. The van der Waals surface area contributed by atoms with Gasteiger partial charge in [0.2, 0.25) is 0 Å². The fourth-order valence-corrected chi connectivity index (χ4v) is 3.38. The Labute approximate surface area is 179 Å². The van der Waals surface area contributed by atoms with Crippen LogP contribution in [0.1, 0.15) is 32.3 Å². The number of hydrogen-bond acceptors (Lipinski definition) is 9. The van der Waals surface area contributed by atoms with E-state index in [1.165, 1.54) is 14.2 Å². The number of carbonyl (C=O) groups excluding carboxylic acids is 2. The number of hydrogen-bond donors (Lipinski definition) is 1. The molecule has 1 aliphatic rings. The van der Waals surface area contributed by atoms with Crippen LogP contribution in [0, 0.1) is 16.0 Å². The Morgan fingerprint density at radius 1 is 1.06 bits per heavy atom. The summed E-state index contributed by atoms with van der Waals surface area (Å²) < 4.78 is 15.8. The molecular formula is C21H26N2O8. The van der Waals surface area contributed by atoms with Crippen LogP contribution in [-0.4, -0.2) is 44.5 Å². The van der Waals surface area contributed by atoms with Gasteiger partial charge in [0.25, 0.3) is 5.09 Å². The number of ether oxygens (including phenoxy) is 3. The molecule has 0 amide bonds. The Bertz CT molecular complexity index is 884. The van der Waals surface area contributed by atoms with Crippen molar-refractivity contribution < 1.29 is 33.7 Å². The van der Waals surface area contributed by atoms with Crippen LogP contribution in [0.2, 0.25) is 0 Å². The van der Waals surface area contributed by atoms with Gasteiger partial charge in [-0.1, -0.05) is 25.1 Å². The molecule has 2 rings (SSSR count). The molecule has 0 aliphatic carbocycles. The summed E-state index contributed by atoms with van der Waals surface area (Å²) in [5.74, 6) is -1.83. The van der Waals surface area contributed by atoms with Crippen LogP contribution in [0.4, 0.5) is 0 Å². The zero-order valence-corrected chi connectivity index (χ0v) is 18.1. The maximum atomic E-state index is 12.6. The first kappa shape index (κ1) is 23.7. The van der Waals surface area contributed by atoms with Gasteiger partial charge >= 0.3 is 11.9 Å². The van der Waals surface area contributed by atoms with E-state index in [0.29, 0.717) is 22.7 Å². The molecule has 168 valence electrons. The largest absolute Gasteiger partial charge is 0.493 e. The molecule has 10 heteroatoms. The minimum atomic E-state index is -0.855. The lowest BCUT2D eigenvalue weighted by molar-refractivity contribution is -0.759. The van der Waals surface area contributed by atoms with Crippen LogP contribution in [0.5, 0.6) is 5.75 Å². The molecule has 1 heterocycles. The summed E-state index contributed by atoms with van der Waals surface area (Å²) in [6.45, 7) is 5.18. The first-order chi connectivity index (χ1) is 14.7.